The number of aryl methyl sites for hydroxylation is 1. The maximum atomic E-state index is 5.37. The van der Waals surface area contributed by atoms with Crippen LogP contribution in [0.5, 0.6) is 0 Å². The Labute approximate surface area is 159 Å². The Kier molecular flexibility index (Phi) is 4.80. The third-order valence-electron chi connectivity index (χ3n) is 5.14. The van der Waals surface area contributed by atoms with E-state index in [9.17, 15) is 0 Å². The van der Waals surface area contributed by atoms with Gasteiger partial charge in [-0.1, -0.05) is 31.8 Å². The summed E-state index contributed by atoms with van der Waals surface area (Å²) in [4.78, 5) is 16.3. The molecule has 1 saturated carbocycles. The fraction of sp³-hybridized carbons (Fsp3) is 0.632. The summed E-state index contributed by atoms with van der Waals surface area (Å²) < 4.78 is 7.19. The molecule has 0 N–H and O–H groups in total. The smallest absolute Gasteiger partial charge is 0.226 e. The third kappa shape index (κ3) is 3.65. The van der Waals surface area contributed by atoms with E-state index in [-0.39, 0.29) is 0 Å². The van der Waals surface area contributed by atoms with Crippen LogP contribution in [0.2, 0.25) is 0 Å². The molecule has 3 aromatic rings. The average Bonchev–Trinajstić information content (AvgIpc) is 3.36. The van der Waals surface area contributed by atoms with Gasteiger partial charge in [0.15, 0.2) is 11.5 Å². The Balaban J connectivity index is 1.64. The third-order valence-corrected chi connectivity index (χ3v) is 5.14. The molecule has 3 aromatic heterocycles. The molecule has 144 valence electrons. The molecule has 1 aliphatic carbocycles. The molecule has 0 amide bonds. The van der Waals surface area contributed by atoms with Gasteiger partial charge >= 0.3 is 0 Å². The standard InChI is InChI=1S/C19H27N7O/c1-12(2)9-16-21-15(24-27-16)11-25(3)18-14-10-20-26(4)19(14)23-17(22-18)13-7-5-6-8-13/h10,12-13H,5-9,11H2,1-4H3. The highest BCUT2D eigenvalue weighted by molar-refractivity contribution is 5.86. The van der Waals surface area contributed by atoms with Crippen molar-refractivity contribution < 1.29 is 4.52 Å². The molecule has 27 heavy (non-hydrogen) atoms. The Morgan fingerprint density at radius 1 is 1.22 bits per heavy atom. The molecule has 0 unspecified atom stereocenters. The highest BCUT2D eigenvalue weighted by Crippen LogP contribution is 2.34. The molecule has 0 aromatic carbocycles. The van der Waals surface area contributed by atoms with Gasteiger partial charge in [0.25, 0.3) is 0 Å². The first kappa shape index (κ1) is 17.9. The van der Waals surface area contributed by atoms with Crippen LogP contribution in [-0.2, 0) is 20.0 Å². The topological polar surface area (TPSA) is 85.8 Å². The summed E-state index contributed by atoms with van der Waals surface area (Å²) in [5.74, 6) is 4.10. The van der Waals surface area contributed by atoms with Crippen LogP contribution in [0.1, 0.15) is 63.0 Å². The molecule has 0 radical (unpaired) electrons. The van der Waals surface area contributed by atoms with Crippen LogP contribution < -0.4 is 4.90 Å². The van der Waals surface area contributed by atoms with Crippen molar-refractivity contribution in [2.45, 2.75) is 58.4 Å². The van der Waals surface area contributed by atoms with Crippen LogP contribution in [-0.4, -0.2) is 36.9 Å². The zero-order chi connectivity index (χ0) is 19.0. The minimum atomic E-state index is 0.444. The summed E-state index contributed by atoms with van der Waals surface area (Å²) in [5, 5.41) is 9.47. The first-order valence-corrected chi connectivity index (χ1v) is 9.73. The van der Waals surface area contributed by atoms with Gasteiger partial charge in [0.1, 0.15) is 11.6 Å². The monoisotopic (exact) mass is 369 g/mol. The average molecular weight is 369 g/mol. The van der Waals surface area contributed by atoms with E-state index in [0.29, 0.717) is 30.1 Å². The van der Waals surface area contributed by atoms with Crippen molar-refractivity contribution in [1.82, 2.24) is 29.9 Å². The van der Waals surface area contributed by atoms with Crippen molar-refractivity contribution in [3.8, 4) is 0 Å². The molecule has 8 heteroatoms. The summed E-state index contributed by atoms with van der Waals surface area (Å²) in [6, 6.07) is 0. The van der Waals surface area contributed by atoms with Crippen LogP contribution in [0, 0.1) is 5.92 Å². The van der Waals surface area contributed by atoms with E-state index in [0.717, 1.165) is 41.9 Å². The molecule has 1 fully saturated rings. The van der Waals surface area contributed by atoms with Gasteiger partial charge in [-0.3, -0.25) is 4.68 Å². The lowest BCUT2D eigenvalue weighted by Crippen LogP contribution is -2.20. The number of fused-ring (bicyclic) bond motifs is 1. The predicted octanol–water partition coefficient (Wildman–Crippen LogP) is 3.24. The Hall–Kier alpha value is -2.51. The zero-order valence-electron chi connectivity index (χ0n) is 16.5. The van der Waals surface area contributed by atoms with Crippen molar-refractivity contribution in [2.24, 2.45) is 13.0 Å². The first-order chi connectivity index (χ1) is 13.0. The Morgan fingerprint density at radius 2 is 2.00 bits per heavy atom. The molecular formula is C19H27N7O. The first-order valence-electron chi connectivity index (χ1n) is 9.73. The molecular weight excluding hydrogens is 342 g/mol. The predicted molar refractivity (Wildman–Crippen MR) is 102 cm³/mol. The van der Waals surface area contributed by atoms with E-state index in [1.807, 2.05) is 25.0 Å². The molecule has 0 spiro atoms. The van der Waals surface area contributed by atoms with Gasteiger partial charge in [-0.15, -0.1) is 0 Å². The van der Waals surface area contributed by atoms with Crippen LogP contribution >= 0.6 is 0 Å². The second-order valence-corrected chi connectivity index (χ2v) is 7.95. The van der Waals surface area contributed by atoms with Gasteiger partial charge in [-0.2, -0.15) is 10.1 Å². The maximum Gasteiger partial charge on any atom is 0.226 e. The van der Waals surface area contributed by atoms with E-state index in [4.69, 9.17) is 14.5 Å². The molecule has 0 atom stereocenters. The number of rotatable bonds is 6. The lowest BCUT2D eigenvalue weighted by atomic mass is 10.1. The van der Waals surface area contributed by atoms with Gasteiger partial charge in [-0.25, -0.2) is 9.97 Å². The normalized spacial score (nSPS) is 15.3. The van der Waals surface area contributed by atoms with E-state index in [1.165, 1.54) is 12.8 Å². The maximum absolute atomic E-state index is 5.37. The Morgan fingerprint density at radius 3 is 2.74 bits per heavy atom. The quantitative estimate of drug-likeness (QED) is 0.659. The van der Waals surface area contributed by atoms with Crippen LogP contribution in [0.3, 0.4) is 0 Å². The second-order valence-electron chi connectivity index (χ2n) is 7.95. The molecule has 3 heterocycles. The minimum Gasteiger partial charge on any atom is -0.351 e. The molecule has 1 aliphatic rings. The molecule has 0 saturated heterocycles. The van der Waals surface area contributed by atoms with Crippen LogP contribution in [0.25, 0.3) is 11.0 Å². The SMILES string of the molecule is CC(C)Cc1nc(CN(C)c2nc(C3CCCC3)nc3c2cnn3C)no1. The summed E-state index contributed by atoms with van der Waals surface area (Å²) in [5.41, 5.74) is 0.877. The van der Waals surface area contributed by atoms with Gasteiger partial charge in [0.05, 0.1) is 18.1 Å². The fourth-order valence-corrected chi connectivity index (χ4v) is 3.75. The number of aromatic nitrogens is 6. The fourth-order valence-electron chi connectivity index (χ4n) is 3.75. The van der Waals surface area contributed by atoms with Crippen molar-refractivity contribution in [2.75, 3.05) is 11.9 Å². The lowest BCUT2D eigenvalue weighted by molar-refractivity contribution is 0.358. The van der Waals surface area contributed by atoms with Crippen LogP contribution in [0.4, 0.5) is 5.82 Å². The second kappa shape index (κ2) is 7.25. The zero-order valence-corrected chi connectivity index (χ0v) is 16.5. The number of hydrogen-bond donors (Lipinski definition) is 0. The van der Waals surface area contributed by atoms with E-state index in [1.54, 1.807) is 0 Å². The van der Waals surface area contributed by atoms with Crippen molar-refractivity contribution >= 4 is 16.9 Å². The molecule has 8 nitrogen and oxygen atoms in total. The molecule has 4 rings (SSSR count). The van der Waals surface area contributed by atoms with Gasteiger partial charge in [0, 0.05) is 26.4 Å². The van der Waals surface area contributed by atoms with E-state index in [2.05, 4.69) is 34.0 Å². The summed E-state index contributed by atoms with van der Waals surface area (Å²) in [7, 11) is 3.93. The van der Waals surface area contributed by atoms with E-state index >= 15 is 0 Å². The highest BCUT2D eigenvalue weighted by Gasteiger charge is 2.24. The van der Waals surface area contributed by atoms with Gasteiger partial charge in [-0.05, 0) is 18.8 Å². The highest BCUT2D eigenvalue weighted by atomic mass is 16.5. The number of hydrogen-bond acceptors (Lipinski definition) is 7. The number of nitrogens with zero attached hydrogens (tertiary/aromatic N) is 7. The molecule has 0 aliphatic heterocycles. The summed E-state index contributed by atoms with van der Waals surface area (Å²) in [6.07, 6.45) is 7.46. The van der Waals surface area contributed by atoms with Gasteiger partial charge < -0.3 is 9.42 Å². The van der Waals surface area contributed by atoms with Crippen molar-refractivity contribution in [1.29, 1.82) is 0 Å². The van der Waals surface area contributed by atoms with E-state index < -0.39 is 0 Å². The minimum absolute atomic E-state index is 0.444. The van der Waals surface area contributed by atoms with Crippen LogP contribution in [0.15, 0.2) is 10.7 Å². The van der Waals surface area contributed by atoms with Gasteiger partial charge in [0.2, 0.25) is 5.89 Å². The van der Waals surface area contributed by atoms with Crippen molar-refractivity contribution in [3.63, 3.8) is 0 Å². The summed E-state index contributed by atoms with van der Waals surface area (Å²) >= 11 is 0. The Bertz CT molecular complexity index is 923. The summed E-state index contributed by atoms with van der Waals surface area (Å²) in [6.45, 7) is 4.81. The molecule has 0 bridgehead atoms. The van der Waals surface area contributed by atoms with Crippen molar-refractivity contribution in [3.05, 3.63) is 23.7 Å². The lowest BCUT2D eigenvalue weighted by Gasteiger charge is -2.19. The largest absolute Gasteiger partial charge is 0.351 e. The number of anilines is 1.